The fourth-order valence-electron chi connectivity index (χ4n) is 1.88. The molecule has 0 aliphatic heterocycles. The van der Waals surface area contributed by atoms with Crippen molar-refractivity contribution in [2.45, 2.75) is 4.34 Å². The number of nitro groups is 1. The minimum Gasteiger partial charge on any atom is -0.410 e. The molecule has 1 aromatic heterocycles. The zero-order valence-electron chi connectivity index (χ0n) is 10.9. The summed E-state index contributed by atoms with van der Waals surface area (Å²) in [5, 5.41) is 30.7. The average Bonchev–Trinajstić information content (AvgIpc) is 2.89. The average molecular weight is 332 g/mol. The molecule has 1 heterocycles. The normalized spacial score (nSPS) is 16.7. The fourth-order valence-corrected chi connectivity index (χ4v) is 3.99. The number of para-hydroxylation sites is 1. The predicted molar refractivity (Wildman–Crippen MR) is 85.6 cm³/mol. The molecule has 0 amide bonds. The van der Waals surface area contributed by atoms with Crippen LogP contribution in [0, 0.1) is 15.5 Å². The van der Waals surface area contributed by atoms with Crippen LogP contribution < -0.4 is 0 Å². The van der Waals surface area contributed by atoms with Crippen LogP contribution in [0.2, 0.25) is 0 Å². The number of thiazole rings is 1. The second kappa shape index (κ2) is 5.70. The molecule has 0 radical (unpaired) electrons. The highest BCUT2D eigenvalue weighted by molar-refractivity contribution is 8.05. The first-order valence-corrected chi connectivity index (χ1v) is 7.65. The molecule has 9 heteroatoms. The number of nitrogens with one attached hydrogen (secondary N) is 1. The van der Waals surface area contributed by atoms with Gasteiger partial charge in [0.05, 0.1) is 15.1 Å². The van der Waals surface area contributed by atoms with Gasteiger partial charge >= 0.3 is 0 Å². The monoisotopic (exact) mass is 332 g/mol. The molecule has 0 spiro atoms. The number of fused-ring (bicyclic) bond motifs is 1. The Hall–Kier alpha value is -2.52. The lowest BCUT2D eigenvalue weighted by molar-refractivity contribution is -0.414. The number of nitrogens with zero attached hydrogens (tertiary/aromatic N) is 3. The molecule has 0 fully saturated rings. The van der Waals surface area contributed by atoms with Crippen molar-refractivity contribution in [2.24, 2.45) is 5.16 Å². The quantitative estimate of drug-likeness (QED) is 0.387. The lowest BCUT2D eigenvalue weighted by Gasteiger charge is -2.10. The molecule has 0 atom stereocenters. The van der Waals surface area contributed by atoms with Crippen LogP contribution in [-0.4, -0.2) is 26.5 Å². The highest BCUT2D eigenvalue weighted by Crippen LogP contribution is 2.36. The standard InChI is InChI=1S/C13H8N4O3S2/c14-11-8(17(19)20)5-6-10(12(11)16-18)22-13-15-7-3-1-2-4-9(7)21-13/h1-6,14,18H/b14-11?,16-12-. The number of aromatic nitrogens is 1. The van der Waals surface area contributed by atoms with Crippen LogP contribution >= 0.6 is 23.1 Å². The Morgan fingerprint density at radius 3 is 2.82 bits per heavy atom. The molecular formula is C13H8N4O3S2. The summed E-state index contributed by atoms with van der Waals surface area (Å²) in [6, 6.07) is 7.63. The molecule has 110 valence electrons. The third-order valence-corrected chi connectivity index (χ3v) is 5.03. The highest BCUT2D eigenvalue weighted by atomic mass is 32.2. The SMILES string of the molecule is N=C1C([N+](=O)[O-])=CC=C(Sc2nc3ccccc3s2)/C1=N/O. The van der Waals surface area contributed by atoms with Gasteiger partial charge in [-0.3, -0.25) is 15.5 Å². The highest BCUT2D eigenvalue weighted by Gasteiger charge is 2.30. The van der Waals surface area contributed by atoms with Crippen molar-refractivity contribution in [1.29, 1.82) is 5.41 Å². The van der Waals surface area contributed by atoms with Gasteiger partial charge in [0.1, 0.15) is 5.71 Å². The third kappa shape index (κ3) is 2.51. The van der Waals surface area contributed by atoms with Gasteiger partial charge in [-0.1, -0.05) is 29.1 Å². The van der Waals surface area contributed by atoms with Crippen LogP contribution in [0.25, 0.3) is 10.2 Å². The Bertz CT molecular complexity index is 849. The summed E-state index contributed by atoms with van der Waals surface area (Å²) >= 11 is 2.67. The zero-order valence-corrected chi connectivity index (χ0v) is 12.5. The summed E-state index contributed by atoms with van der Waals surface area (Å²) < 4.78 is 1.72. The van der Waals surface area contributed by atoms with Gasteiger partial charge in [0.15, 0.2) is 10.1 Å². The molecule has 0 bridgehead atoms. The van der Waals surface area contributed by atoms with Crippen LogP contribution in [0.15, 0.2) is 56.5 Å². The van der Waals surface area contributed by atoms with Crippen molar-refractivity contribution in [3.63, 3.8) is 0 Å². The number of hydrogen-bond donors (Lipinski definition) is 2. The van der Waals surface area contributed by atoms with Crippen LogP contribution in [0.3, 0.4) is 0 Å². The number of allylic oxidation sites excluding steroid dienone is 4. The van der Waals surface area contributed by atoms with E-state index in [2.05, 4.69) is 10.1 Å². The van der Waals surface area contributed by atoms with E-state index < -0.39 is 16.3 Å². The van der Waals surface area contributed by atoms with Gasteiger partial charge < -0.3 is 5.21 Å². The molecule has 7 nitrogen and oxygen atoms in total. The smallest absolute Gasteiger partial charge is 0.296 e. The molecule has 3 rings (SSSR count). The van der Waals surface area contributed by atoms with E-state index in [0.29, 0.717) is 9.24 Å². The van der Waals surface area contributed by atoms with Gasteiger partial charge in [-0.2, -0.15) is 0 Å². The molecule has 2 N–H and O–H groups in total. The zero-order chi connectivity index (χ0) is 15.7. The molecule has 0 saturated carbocycles. The third-order valence-electron chi connectivity index (χ3n) is 2.89. The molecule has 1 aliphatic carbocycles. The Morgan fingerprint density at radius 1 is 1.36 bits per heavy atom. The van der Waals surface area contributed by atoms with Crippen LogP contribution in [0.4, 0.5) is 0 Å². The summed E-state index contributed by atoms with van der Waals surface area (Å²) in [4.78, 5) is 15.0. The number of oxime groups is 1. The van der Waals surface area contributed by atoms with Gasteiger partial charge in [0.25, 0.3) is 5.70 Å². The van der Waals surface area contributed by atoms with Crippen LogP contribution in [0.1, 0.15) is 0 Å². The first-order chi connectivity index (χ1) is 10.6. The summed E-state index contributed by atoms with van der Waals surface area (Å²) in [6.45, 7) is 0. The number of hydrogen-bond acceptors (Lipinski definition) is 8. The van der Waals surface area contributed by atoms with Crippen molar-refractivity contribution in [2.75, 3.05) is 0 Å². The second-order valence-electron chi connectivity index (χ2n) is 4.21. The van der Waals surface area contributed by atoms with Crippen LogP contribution in [-0.2, 0) is 0 Å². The van der Waals surface area contributed by atoms with Crippen LogP contribution in [0.5, 0.6) is 0 Å². The topological polar surface area (TPSA) is 112 Å². The Balaban J connectivity index is 1.96. The van der Waals surface area contributed by atoms with Crippen molar-refractivity contribution < 1.29 is 10.1 Å². The maximum absolute atomic E-state index is 10.8. The van der Waals surface area contributed by atoms with Crippen molar-refractivity contribution >= 4 is 44.7 Å². The van der Waals surface area contributed by atoms with E-state index in [1.165, 1.54) is 35.3 Å². The number of thioether (sulfide) groups is 1. The van der Waals surface area contributed by atoms with E-state index in [-0.39, 0.29) is 5.71 Å². The molecule has 1 aliphatic rings. The lowest BCUT2D eigenvalue weighted by atomic mass is 10.1. The summed E-state index contributed by atoms with van der Waals surface area (Å²) in [6.07, 6.45) is 2.69. The summed E-state index contributed by atoms with van der Waals surface area (Å²) in [5.74, 6) is 0. The maximum Gasteiger partial charge on any atom is 0.296 e. The Labute approximate surface area is 132 Å². The Kier molecular flexibility index (Phi) is 3.73. The predicted octanol–water partition coefficient (Wildman–Crippen LogP) is 3.30. The minimum atomic E-state index is -0.677. The van der Waals surface area contributed by atoms with E-state index >= 15 is 0 Å². The van der Waals surface area contributed by atoms with Gasteiger partial charge in [-0.25, -0.2) is 4.98 Å². The number of benzene rings is 1. The molecule has 1 aromatic carbocycles. The van der Waals surface area contributed by atoms with Gasteiger partial charge in [0, 0.05) is 11.0 Å². The largest absolute Gasteiger partial charge is 0.410 e. The van der Waals surface area contributed by atoms with Crippen molar-refractivity contribution in [1.82, 2.24) is 4.98 Å². The van der Waals surface area contributed by atoms with E-state index in [9.17, 15) is 10.1 Å². The van der Waals surface area contributed by atoms with Gasteiger partial charge in [-0.15, -0.1) is 11.3 Å². The molecule has 22 heavy (non-hydrogen) atoms. The van der Waals surface area contributed by atoms with Gasteiger partial charge in [-0.05, 0) is 18.2 Å². The van der Waals surface area contributed by atoms with Crippen molar-refractivity contribution in [3.05, 3.63) is 57.1 Å². The molecule has 0 saturated heterocycles. The first kappa shape index (κ1) is 14.4. The second-order valence-corrected chi connectivity index (χ2v) is 6.53. The molecular weight excluding hydrogens is 324 g/mol. The first-order valence-electron chi connectivity index (χ1n) is 6.01. The van der Waals surface area contributed by atoms with Gasteiger partial charge in [0.2, 0.25) is 0 Å². The molecule has 2 aromatic rings. The molecule has 0 unspecified atom stereocenters. The van der Waals surface area contributed by atoms with Crippen molar-refractivity contribution in [3.8, 4) is 0 Å². The summed E-state index contributed by atoms with van der Waals surface area (Å²) in [7, 11) is 0. The van der Waals surface area contributed by atoms with E-state index in [0.717, 1.165) is 10.2 Å². The van der Waals surface area contributed by atoms with E-state index in [4.69, 9.17) is 10.6 Å². The number of rotatable bonds is 3. The fraction of sp³-hybridized carbons (Fsp3) is 0. The maximum atomic E-state index is 10.8. The summed E-state index contributed by atoms with van der Waals surface area (Å²) in [5.41, 5.74) is -0.0935. The Morgan fingerprint density at radius 2 is 2.14 bits per heavy atom. The minimum absolute atomic E-state index is 0.126. The lowest BCUT2D eigenvalue weighted by Crippen LogP contribution is -2.24. The van der Waals surface area contributed by atoms with E-state index in [1.807, 2.05) is 24.3 Å². The van der Waals surface area contributed by atoms with E-state index in [1.54, 1.807) is 0 Å².